The number of fused-ring (bicyclic) bond motifs is 1. The number of aromatic nitrogens is 4. The molecule has 140 valence electrons. The Morgan fingerprint density at radius 2 is 1.86 bits per heavy atom. The Bertz CT molecular complexity index is 1210. The van der Waals surface area contributed by atoms with Crippen molar-refractivity contribution in [3.63, 3.8) is 0 Å². The fraction of sp³-hybridized carbons (Fsp3) is 0.0526. The van der Waals surface area contributed by atoms with Crippen LogP contribution in [0, 0.1) is 5.82 Å². The van der Waals surface area contributed by atoms with Crippen LogP contribution in [-0.4, -0.2) is 31.4 Å². The molecule has 0 aliphatic heterocycles. The van der Waals surface area contributed by atoms with Gasteiger partial charge in [0.05, 0.1) is 11.8 Å². The van der Waals surface area contributed by atoms with Crippen LogP contribution < -0.4 is 11.1 Å². The Balaban J connectivity index is 1.94. The number of anilines is 1. The molecule has 3 heterocycles. The maximum Gasteiger partial charge on any atom is 0.267 e. The Labute approximate surface area is 158 Å². The van der Waals surface area contributed by atoms with Crippen molar-refractivity contribution in [2.24, 2.45) is 5.73 Å². The summed E-state index contributed by atoms with van der Waals surface area (Å²) in [5.74, 6) is -0.879. The maximum absolute atomic E-state index is 13.3. The molecule has 0 fully saturated rings. The number of benzene rings is 1. The van der Waals surface area contributed by atoms with E-state index in [9.17, 15) is 14.0 Å². The summed E-state index contributed by atoms with van der Waals surface area (Å²) in [5, 5.41) is 9.80. The van der Waals surface area contributed by atoms with E-state index in [1.54, 1.807) is 34.9 Å². The minimum atomic E-state index is -0.613. The average molecular weight is 378 g/mol. The van der Waals surface area contributed by atoms with Gasteiger partial charge in [0.2, 0.25) is 5.91 Å². The molecule has 2 amide bonds. The third kappa shape index (κ3) is 2.98. The predicted octanol–water partition coefficient (Wildman–Crippen LogP) is 2.59. The van der Waals surface area contributed by atoms with Crippen LogP contribution in [-0.2, 0) is 4.79 Å². The molecule has 4 N–H and O–H groups in total. The molecule has 0 saturated heterocycles. The van der Waals surface area contributed by atoms with Crippen molar-refractivity contribution in [3.8, 4) is 22.4 Å². The van der Waals surface area contributed by atoms with Gasteiger partial charge in [-0.25, -0.2) is 9.37 Å². The lowest BCUT2D eigenvalue weighted by molar-refractivity contribution is -0.114. The second-order valence-electron chi connectivity index (χ2n) is 6.16. The number of nitrogens with two attached hydrogens (primary N) is 1. The van der Waals surface area contributed by atoms with Gasteiger partial charge in [-0.2, -0.15) is 5.10 Å². The molecule has 0 unspecified atom stereocenters. The van der Waals surface area contributed by atoms with Crippen LogP contribution in [0.5, 0.6) is 0 Å². The Morgan fingerprint density at radius 1 is 1.14 bits per heavy atom. The highest BCUT2D eigenvalue weighted by Crippen LogP contribution is 2.36. The van der Waals surface area contributed by atoms with Gasteiger partial charge in [-0.05, 0) is 36.4 Å². The molecule has 0 aliphatic rings. The van der Waals surface area contributed by atoms with Crippen LogP contribution in [0.2, 0.25) is 0 Å². The van der Waals surface area contributed by atoms with E-state index in [1.165, 1.54) is 25.3 Å². The first-order chi connectivity index (χ1) is 13.4. The number of H-pyrrole nitrogens is 1. The van der Waals surface area contributed by atoms with Gasteiger partial charge in [0.25, 0.3) is 5.91 Å². The largest absolute Gasteiger partial charge is 0.364 e. The van der Waals surface area contributed by atoms with Gasteiger partial charge < -0.3 is 11.1 Å². The lowest BCUT2D eigenvalue weighted by Crippen LogP contribution is -2.13. The summed E-state index contributed by atoms with van der Waals surface area (Å²) in [6.07, 6.45) is 3.08. The number of primary amides is 1. The van der Waals surface area contributed by atoms with Crippen LogP contribution in [0.3, 0.4) is 0 Å². The quantitative estimate of drug-likeness (QED) is 0.506. The number of imidazole rings is 1. The number of pyridine rings is 1. The van der Waals surface area contributed by atoms with Crippen molar-refractivity contribution in [1.82, 2.24) is 19.6 Å². The molecule has 9 heteroatoms. The second kappa shape index (κ2) is 6.62. The van der Waals surface area contributed by atoms with Gasteiger partial charge in [0.1, 0.15) is 28.7 Å². The summed E-state index contributed by atoms with van der Waals surface area (Å²) in [7, 11) is 0. The van der Waals surface area contributed by atoms with Gasteiger partial charge in [-0.1, -0.05) is 0 Å². The lowest BCUT2D eigenvalue weighted by Gasteiger charge is -2.08. The van der Waals surface area contributed by atoms with Gasteiger partial charge in [-0.15, -0.1) is 0 Å². The summed E-state index contributed by atoms with van der Waals surface area (Å²) in [5.41, 5.74) is 8.61. The first kappa shape index (κ1) is 17.4. The normalized spacial score (nSPS) is 10.9. The molecule has 1 aromatic carbocycles. The number of rotatable bonds is 4. The van der Waals surface area contributed by atoms with Gasteiger partial charge in [0, 0.05) is 24.2 Å². The molecule has 0 bridgehead atoms. The van der Waals surface area contributed by atoms with E-state index in [4.69, 9.17) is 5.73 Å². The van der Waals surface area contributed by atoms with Crippen molar-refractivity contribution in [3.05, 3.63) is 60.3 Å². The number of hydrogen-bond donors (Lipinski definition) is 3. The Hall–Kier alpha value is -4.01. The van der Waals surface area contributed by atoms with E-state index in [0.29, 0.717) is 33.8 Å². The van der Waals surface area contributed by atoms with Crippen LogP contribution in [0.15, 0.2) is 48.8 Å². The molecule has 8 nitrogen and oxygen atoms in total. The van der Waals surface area contributed by atoms with Gasteiger partial charge in [-0.3, -0.25) is 19.1 Å². The molecule has 4 aromatic rings. The highest BCUT2D eigenvalue weighted by molar-refractivity contribution is 5.97. The zero-order valence-corrected chi connectivity index (χ0v) is 14.7. The van der Waals surface area contributed by atoms with Gasteiger partial charge in [0.15, 0.2) is 0 Å². The van der Waals surface area contributed by atoms with E-state index in [-0.39, 0.29) is 17.4 Å². The average Bonchev–Trinajstić information content (AvgIpc) is 3.25. The molecule has 0 radical (unpaired) electrons. The van der Waals surface area contributed by atoms with Crippen molar-refractivity contribution in [2.45, 2.75) is 6.92 Å². The van der Waals surface area contributed by atoms with Crippen molar-refractivity contribution >= 4 is 23.3 Å². The fourth-order valence-electron chi connectivity index (χ4n) is 3.02. The molecule has 0 saturated carbocycles. The molecular formula is C19H15FN6O2. The zero-order valence-electron chi connectivity index (χ0n) is 14.7. The standard InChI is InChI=1S/C19H15FN6O2/c1-10(27)23-19-16(17(24-25-19)11-2-5-13(20)6-3-11)12-4-7-15-22-8-14(18(21)28)26(15)9-12/h2-9H,1H3,(H2,21,28)(H2,23,24,25,27). The SMILES string of the molecule is CC(=O)Nc1[nH]nc(-c2ccc(F)cc2)c1-c1ccc2ncc(C(N)=O)n2c1. The Morgan fingerprint density at radius 3 is 2.54 bits per heavy atom. The van der Waals surface area contributed by atoms with E-state index in [1.807, 2.05) is 0 Å². The molecule has 0 spiro atoms. The number of amides is 2. The fourth-order valence-corrected chi connectivity index (χ4v) is 3.02. The van der Waals surface area contributed by atoms with Crippen LogP contribution in [0.25, 0.3) is 28.0 Å². The lowest BCUT2D eigenvalue weighted by atomic mass is 10.0. The second-order valence-corrected chi connectivity index (χ2v) is 6.16. The monoisotopic (exact) mass is 378 g/mol. The van der Waals surface area contributed by atoms with Crippen molar-refractivity contribution in [1.29, 1.82) is 0 Å². The zero-order chi connectivity index (χ0) is 19.8. The molecule has 0 atom stereocenters. The molecule has 4 rings (SSSR count). The highest BCUT2D eigenvalue weighted by Gasteiger charge is 2.19. The highest BCUT2D eigenvalue weighted by atomic mass is 19.1. The third-order valence-electron chi connectivity index (χ3n) is 4.23. The van der Waals surface area contributed by atoms with Gasteiger partial charge >= 0.3 is 0 Å². The molecule has 0 aliphatic carbocycles. The summed E-state index contributed by atoms with van der Waals surface area (Å²) in [4.78, 5) is 27.4. The van der Waals surface area contributed by atoms with Crippen LogP contribution in [0.1, 0.15) is 17.4 Å². The number of nitrogens with zero attached hydrogens (tertiary/aromatic N) is 3. The van der Waals surface area contributed by atoms with Crippen LogP contribution in [0.4, 0.5) is 10.2 Å². The van der Waals surface area contributed by atoms with Crippen molar-refractivity contribution in [2.75, 3.05) is 5.32 Å². The number of nitrogens with one attached hydrogen (secondary N) is 2. The third-order valence-corrected chi connectivity index (χ3v) is 4.23. The van der Waals surface area contributed by atoms with E-state index < -0.39 is 5.91 Å². The number of aromatic amines is 1. The molecule has 3 aromatic heterocycles. The summed E-state index contributed by atoms with van der Waals surface area (Å²) in [6, 6.07) is 9.36. The van der Waals surface area contributed by atoms with Crippen molar-refractivity contribution < 1.29 is 14.0 Å². The smallest absolute Gasteiger partial charge is 0.267 e. The molecular weight excluding hydrogens is 363 g/mol. The van der Waals surface area contributed by atoms with E-state index >= 15 is 0 Å². The first-order valence-electron chi connectivity index (χ1n) is 8.33. The minimum Gasteiger partial charge on any atom is -0.364 e. The summed E-state index contributed by atoms with van der Waals surface area (Å²) in [6.45, 7) is 1.38. The topological polar surface area (TPSA) is 118 Å². The van der Waals surface area contributed by atoms with Crippen LogP contribution >= 0.6 is 0 Å². The summed E-state index contributed by atoms with van der Waals surface area (Å²) >= 11 is 0. The summed E-state index contributed by atoms with van der Waals surface area (Å²) < 4.78 is 14.9. The Kier molecular flexibility index (Phi) is 4.11. The number of hydrogen-bond acceptors (Lipinski definition) is 4. The predicted molar refractivity (Wildman–Crippen MR) is 101 cm³/mol. The van der Waals surface area contributed by atoms with E-state index in [2.05, 4.69) is 20.5 Å². The molecule has 28 heavy (non-hydrogen) atoms. The first-order valence-corrected chi connectivity index (χ1v) is 8.33. The minimum absolute atomic E-state index is 0.227. The number of carbonyl (C=O) groups excluding carboxylic acids is 2. The number of carbonyl (C=O) groups is 2. The number of halogens is 1. The maximum atomic E-state index is 13.3. The van der Waals surface area contributed by atoms with E-state index in [0.717, 1.165) is 0 Å².